The van der Waals surface area contributed by atoms with E-state index in [2.05, 4.69) is 34.5 Å². The lowest BCUT2D eigenvalue weighted by Crippen LogP contribution is -2.27. The van der Waals surface area contributed by atoms with Gasteiger partial charge in [0.05, 0.1) is 0 Å². The second-order valence-electron chi connectivity index (χ2n) is 6.98. The van der Waals surface area contributed by atoms with Crippen LogP contribution in [0.1, 0.15) is 12.0 Å². The monoisotopic (exact) mass is 373 g/mol. The largest absolute Gasteiger partial charge is 0.378 e. The molecule has 0 unspecified atom stereocenters. The molecule has 144 valence electrons. The molecule has 3 aromatic rings. The van der Waals surface area contributed by atoms with Crippen LogP contribution in [0.2, 0.25) is 0 Å². The summed E-state index contributed by atoms with van der Waals surface area (Å²) < 4.78 is 0. The lowest BCUT2D eigenvalue weighted by Gasteiger charge is -2.25. The number of carbonyl (C=O) groups excluding carboxylic acids is 1. The van der Waals surface area contributed by atoms with E-state index >= 15 is 0 Å². The van der Waals surface area contributed by atoms with Gasteiger partial charge in [-0.1, -0.05) is 48.5 Å². The molecule has 0 fully saturated rings. The van der Waals surface area contributed by atoms with Crippen molar-refractivity contribution in [2.75, 3.05) is 35.8 Å². The Morgan fingerprint density at radius 2 is 1.39 bits per heavy atom. The standard InChI is InChI=1S/C24H27N3O/c1-26(2)22-15-13-21(14-16-22)25-24(28)17-18-27(23-11-7-4-8-12-23)19-20-9-5-3-6-10-20/h3-16H,17-19H2,1-2H3,(H,25,28). The van der Waals surface area contributed by atoms with Crippen LogP contribution in [0.3, 0.4) is 0 Å². The zero-order valence-corrected chi connectivity index (χ0v) is 16.5. The molecule has 0 aliphatic rings. The van der Waals surface area contributed by atoms with E-state index in [4.69, 9.17) is 0 Å². The van der Waals surface area contributed by atoms with Gasteiger partial charge in [0.25, 0.3) is 0 Å². The molecule has 4 nitrogen and oxygen atoms in total. The molecule has 0 saturated heterocycles. The van der Waals surface area contributed by atoms with Crippen LogP contribution in [0.4, 0.5) is 17.1 Å². The molecule has 3 rings (SSSR count). The Kier molecular flexibility index (Phi) is 6.68. The molecular weight excluding hydrogens is 346 g/mol. The minimum absolute atomic E-state index is 0.0200. The summed E-state index contributed by atoms with van der Waals surface area (Å²) in [6.07, 6.45) is 0.428. The van der Waals surface area contributed by atoms with Gasteiger partial charge in [-0.05, 0) is 42.0 Å². The van der Waals surface area contributed by atoms with E-state index in [-0.39, 0.29) is 5.91 Å². The molecule has 0 radical (unpaired) electrons. The van der Waals surface area contributed by atoms with Crippen molar-refractivity contribution in [3.05, 3.63) is 90.5 Å². The second kappa shape index (κ2) is 9.60. The third kappa shape index (κ3) is 5.61. The lowest BCUT2D eigenvalue weighted by molar-refractivity contribution is -0.116. The molecular formula is C24H27N3O. The summed E-state index contributed by atoms with van der Waals surface area (Å²) in [5, 5.41) is 2.99. The average Bonchev–Trinajstić information content (AvgIpc) is 2.73. The number of amides is 1. The van der Waals surface area contributed by atoms with Crippen LogP contribution in [0.15, 0.2) is 84.9 Å². The van der Waals surface area contributed by atoms with Crippen molar-refractivity contribution in [2.24, 2.45) is 0 Å². The maximum atomic E-state index is 12.5. The summed E-state index contributed by atoms with van der Waals surface area (Å²) in [7, 11) is 4.00. The van der Waals surface area contributed by atoms with Crippen LogP contribution in [0, 0.1) is 0 Å². The summed E-state index contributed by atoms with van der Waals surface area (Å²) in [6, 6.07) is 28.4. The summed E-state index contributed by atoms with van der Waals surface area (Å²) in [5.41, 5.74) is 4.28. The van der Waals surface area contributed by atoms with Gasteiger partial charge in [0.2, 0.25) is 5.91 Å². The van der Waals surface area contributed by atoms with Crippen LogP contribution in [0.25, 0.3) is 0 Å². The SMILES string of the molecule is CN(C)c1ccc(NC(=O)CCN(Cc2ccccc2)c2ccccc2)cc1. The molecule has 0 aliphatic carbocycles. The van der Waals surface area contributed by atoms with Crippen molar-refractivity contribution in [1.82, 2.24) is 0 Å². The first-order chi connectivity index (χ1) is 13.6. The van der Waals surface area contributed by atoms with Crippen LogP contribution in [-0.4, -0.2) is 26.5 Å². The molecule has 4 heteroatoms. The maximum absolute atomic E-state index is 12.5. The Balaban J connectivity index is 1.61. The smallest absolute Gasteiger partial charge is 0.226 e. The fraction of sp³-hybridized carbons (Fsp3) is 0.208. The van der Waals surface area contributed by atoms with Gasteiger partial charge in [0.15, 0.2) is 0 Å². The van der Waals surface area contributed by atoms with Crippen molar-refractivity contribution < 1.29 is 4.79 Å². The van der Waals surface area contributed by atoms with Gasteiger partial charge in [-0.15, -0.1) is 0 Å². The fourth-order valence-corrected chi connectivity index (χ4v) is 3.04. The van der Waals surface area contributed by atoms with E-state index in [9.17, 15) is 4.79 Å². The molecule has 0 aliphatic heterocycles. The molecule has 0 heterocycles. The van der Waals surface area contributed by atoms with Gasteiger partial charge >= 0.3 is 0 Å². The van der Waals surface area contributed by atoms with Crippen molar-refractivity contribution in [3.63, 3.8) is 0 Å². The predicted octanol–water partition coefficient (Wildman–Crippen LogP) is 4.79. The van der Waals surface area contributed by atoms with Crippen molar-refractivity contribution in [3.8, 4) is 0 Å². The van der Waals surface area contributed by atoms with E-state index in [1.807, 2.05) is 79.7 Å². The number of nitrogens with zero attached hydrogens (tertiary/aromatic N) is 2. The van der Waals surface area contributed by atoms with Crippen LogP contribution in [0.5, 0.6) is 0 Å². The minimum Gasteiger partial charge on any atom is -0.378 e. The summed E-state index contributed by atoms with van der Waals surface area (Å²) >= 11 is 0. The van der Waals surface area contributed by atoms with Gasteiger partial charge in [-0.2, -0.15) is 0 Å². The number of benzene rings is 3. The molecule has 0 spiro atoms. The zero-order chi connectivity index (χ0) is 19.8. The van der Waals surface area contributed by atoms with Crippen molar-refractivity contribution in [1.29, 1.82) is 0 Å². The first-order valence-electron chi connectivity index (χ1n) is 9.53. The first kappa shape index (κ1) is 19.5. The maximum Gasteiger partial charge on any atom is 0.226 e. The molecule has 0 saturated carbocycles. The Labute approximate surface area is 167 Å². The van der Waals surface area contributed by atoms with E-state index in [1.165, 1.54) is 5.56 Å². The summed E-state index contributed by atoms with van der Waals surface area (Å²) in [5.74, 6) is 0.0200. The molecule has 3 aromatic carbocycles. The molecule has 0 aromatic heterocycles. The van der Waals surface area contributed by atoms with Gasteiger partial charge in [0, 0.05) is 50.7 Å². The Morgan fingerprint density at radius 3 is 2.00 bits per heavy atom. The highest BCUT2D eigenvalue weighted by Crippen LogP contribution is 2.18. The average molecular weight is 374 g/mol. The van der Waals surface area contributed by atoms with Gasteiger partial charge in [-0.25, -0.2) is 0 Å². The highest BCUT2D eigenvalue weighted by atomic mass is 16.1. The van der Waals surface area contributed by atoms with E-state index in [0.29, 0.717) is 13.0 Å². The number of carbonyl (C=O) groups is 1. The molecule has 1 amide bonds. The van der Waals surface area contributed by atoms with Crippen molar-refractivity contribution >= 4 is 23.0 Å². The van der Waals surface area contributed by atoms with Gasteiger partial charge in [-0.3, -0.25) is 4.79 Å². The molecule has 28 heavy (non-hydrogen) atoms. The zero-order valence-electron chi connectivity index (χ0n) is 16.5. The second-order valence-corrected chi connectivity index (χ2v) is 6.98. The van der Waals surface area contributed by atoms with E-state index < -0.39 is 0 Å². The summed E-state index contributed by atoms with van der Waals surface area (Å²) in [6.45, 7) is 1.43. The van der Waals surface area contributed by atoms with Crippen LogP contribution >= 0.6 is 0 Å². The quantitative estimate of drug-likeness (QED) is 0.617. The Bertz CT molecular complexity index is 861. The number of rotatable bonds is 8. The van der Waals surface area contributed by atoms with E-state index in [1.54, 1.807) is 0 Å². The molecule has 0 atom stereocenters. The number of anilines is 3. The number of nitrogens with one attached hydrogen (secondary N) is 1. The fourth-order valence-electron chi connectivity index (χ4n) is 3.04. The topological polar surface area (TPSA) is 35.6 Å². The Hall–Kier alpha value is -3.27. The van der Waals surface area contributed by atoms with Crippen molar-refractivity contribution in [2.45, 2.75) is 13.0 Å². The van der Waals surface area contributed by atoms with E-state index in [0.717, 1.165) is 23.6 Å². The highest BCUT2D eigenvalue weighted by molar-refractivity contribution is 5.91. The third-order valence-corrected chi connectivity index (χ3v) is 4.61. The minimum atomic E-state index is 0.0200. The number of hydrogen-bond donors (Lipinski definition) is 1. The lowest BCUT2D eigenvalue weighted by atomic mass is 10.2. The normalized spacial score (nSPS) is 10.4. The van der Waals surface area contributed by atoms with Crippen LogP contribution in [-0.2, 0) is 11.3 Å². The number of para-hydroxylation sites is 1. The Morgan fingerprint density at radius 1 is 0.786 bits per heavy atom. The highest BCUT2D eigenvalue weighted by Gasteiger charge is 2.10. The first-order valence-corrected chi connectivity index (χ1v) is 9.53. The molecule has 1 N–H and O–H groups in total. The van der Waals surface area contributed by atoms with Gasteiger partial charge < -0.3 is 15.1 Å². The summed E-state index contributed by atoms with van der Waals surface area (Å²) in [4.78, 5) is 16.7. The molecule has 0 bridgehead atoms. The third-order valence-electron chi connectivity index (χ3n) is 4.61. The van der Waals surface area contributed by atoms with Gasteiger partial charge in [0.1, 0.15) is 0 Å². The van der Waals surface area contributed by atoms with Crippen LogP contribution < -0.4 is 15.1 Å². The number of hydrogen-bond acceptors (Lipinski definition) is 3. The predicted molar refractivity (Wildman–Crippen MR) is 118 cm³/mol.